The molecular formula is C20H25N2OS2+. The second-order valence-electron chi connectivity index (χ2n) is 6.58. The van der Waals surface area contributed by atoms with Gasteiger partial charge < -0.3 is 10.2 Å². The predicted molar refractivity (Wildman–Crippen MR) is 108 cm³/mol. The molecular weight excluding hydrogens is 348 g/mol. The Hall–Kier alpha value is -1.43. The summed E-state index contributed by atoms with van der Waals surface area (Å²) in [5, 5.41) is 3.01. The van der Waals surface area contributed by atoms with Crippen LogP contribution in [0.15, 0.2) is 48.5 Å². The Labute approximate surface area is 158 Å². The minimum atomic E-state index is -0.0138. The summed E-state index contributed by atoms with van der Waals surface area (Å²) in [4.78, 5) is 13.7. The molecule has 1 fully saturated rings. The zero-order valence-corrected chi connectivity index (χ0v) is 16.4. The molecule has 1 saturated heterocycles. The lowest BCUT2D eigenvalue weighted by Crippen LogP contribution is -3.04. The largest absolute Gasteiger partial charge is 0.348 e. The fraction of sp³-hybridized carbons (Fsp3) is 0.350. The van der Waals surface area contributed by atoms with E-state index in [1.807, 2.05) is 35.7 Å². The third-order valence-corrected chi connectivity index (χ3v) is 7.20. The molecule has 5 heteroatoms. The number of thioether (sulfide) groups is 2. The summed E-state index contributed by atoms with van der Waals surface area (Å²) in [5.41, 5.74) is 4.47. The van der Waals surface area contributed by atoms with Gasteiger partial charge in [-0.05, 0) is 23.3 Å². The van der Waals surface area contributed by atoms with Crippen molar-refractivity contribution in [3.63, 3.8) is 0 Å². The van der Waals surface area contributed by atoms with Crippen molar-refractivity contribution in [3.05, 3.63) is 70.8 Å². The highest BCUT2D eigenvalue weighted by Crippen LogP contribution is 2.45. The first-order valence-electron chi connectivity index (χ1n) is 8.60. The van der Waals surface area contributed by atoms with Gasteiger partial charge in [-0.1, -0.05) is 36.4 Å². The number of hydrogen-bond donors (Lipinski definition) is 2. The molecule has 1 heterocycles. The van der Waals surface area contributed by atoms with E-state index in [0.29, 0.717) is 11.1 Å². The number of carbonyl (C=O) groups is 1. The molecule has 0 radical (unpaired) electrons. The number of rotatable bonds is 6. The first-order valence-corrected chi connectivity index (χ1v) is 10.7. The van der Waals surface area contributed by atoms with E-state index in [0.717, 1.165) is 17.7 Å². The molecule has 2 aromatic rings. The molecule has 0 aromatic heterocycles. The summed E-state index contributed by atoms with van der Waals surface area (Å²) in [5.74, 6) is 2.42. The van der Waals surface area contributed by atoms with Crippen LogP contribution in [0.25, 0.3) is 0 Å². The molecule has 1 amide bonds. The molecule has 25 heavy (non-hydrogen) atoms. The Balaban J connectivity index is 1.53. The second-order valence-corrected chi connectivity index (χ2v) is 9.30. The number of nitrogens with one attached hydrogen (secondary N) is 2. The van der Waals surface area contributed by atoms with Crippen LogP contribution in [-0.4, -0.2) is 31.5 Å². The molecule has 2 aromatic carbocycles. The van der Waals surface area contributed by atoms with Gasteiger partial charge in [-0.3, -0.25) is 4.79 Å². The van der Waals surface area contributed by atoms with Crippen molar-refractivity contribution in [1.29, 1.82) is 0 Å². The summed E-state index contributed by atoms with van der Waals surface area (Å²) in [6.07, 6.45) is 0. The fourth-order valence-electron chi connectivity index (χ4n) is 2.81. The van der Waals surface area contributed by atoms with E-state index in [2.05, 4.69) is 55.8 Å². The van der Waals surface area contributed by atoms with Gasteiger partial charge >= 0.3 is 0 Å². The number of amides is 1. The monoisotopic (exact) mass is 373 g/mol. The molecule has 1 aliphatic heterocycles. The normalized spacial score (nSPS) is 14.8. The lowest BCUT2D eigenvalue weighted by atomic mass is 10.1. The molecule has 0 bridgehead atoms. The highest BCUT2D eigenvalue weighted by atomic mass is 32.2. The minimum absolute atomic E-state index is 0.0138. The van der Waals surface area contributed by atoms with Crippen molar-refractivity contribution in [2.45, 2.75) is 17.7 Å². The van der Waals surface area contributed by atoms with E-state index in [1.54, 1.807) is 0 Å². The average molecular weight is 374 g/mol. The summed E-state index contributed by atoms with van der Waals surface area (Å²) in [7, 11) is 4.28. The van der Waals surface area contributed by atoms with Crippen LogP contribution < -0.4 is 10.2 Å². The number of quaternary nitrogens is 1. The zero-order valence-electron chi connectivity index (χ0n) is 14.7. The Kier molecular flexibility index (Phi) is 6.45. The lowest BCUT2D eigenvalue weighted by Gasteiger charge is -2.10. The van der Waals surface area contributed by atoms with Gasteiger partial charge in [0.15, 0.2) is 0 Å². The van der Waals surface area contributed by atoms with E-state index < -0.39 is 0 Å². The third kappa shape index (κ3) is 5.27. The zero-order chi connectivity index (χ0) is 17.6. The third-order valence-electron chi connectivity index (χ3n) is 4.10. The van der Waals surface area contributed by atoms with E-state index in [9.17, 15) is 4.79 Å². The van der Waals surface area contributed by atoms with Gasteiger partial charge in [0.05, 0.1) is 18.7 Å². The van der Waals surface area contributed by atoms with Crippen molar-refractivity contribution >= 4 is 29.4 Å². The summed E-state index contributed by atoms with van der Waals surface area (Å²) in [6, 6.07) is 16.5. The molecule has 0 saturated carbocycles. The van der Waals surface area contributed by atoms with Crippen molar-refractivity contribution in [1.82, 2.24) is 5.32 Å². The van der Waals surface area contributed by atoms with Crippen LogP contribution in [0.4, 0.5) is 0 Å². The first kappa shape index (κ1) is 18.4. The molecule has 0 aliphatic carbocycles. The van der Waals surface area contributed by atoms with E-state index in [1.165, 1.54) is 27.5 Å². The van der Waals surface area contributed by atoms with E-state index in [-0.39, 0.29) is 5.91 Å². The Morgan fingerprint density at radius 1 is 1.00 bits per heavy atom. The molecule has 132 valence electrons. The lowest BCUT2D eigenvalue weighted by molar-refractivity contribution is -0.872. The minimum Gasteiger partial charge on any atom is -0.348 e. The Bertz CT molecular complexity index is 693. The second kappa shape index (κ2) is 8.79. The van der Waals surface area contributed by atoms with Gasteiger partial charge in [0.2, 0.25) is 0 Å². The smallest absolute Gasteiger partial charge is 0.251 e. The summed E-state index contributed by atoms with van der Waals surface area (Å²) in [6.45, 7) is 1.57. The van der Waals surface area contributed by atoms with Crippen molar-refractivity contribution < 1.29 is 9.69 Å². The number of benzene rings is 2. The van der Waals surface area contributed by atoms with Crippen LogP contribution in [-0.2, 0) is 13.1 Å². The Morgan fingerprint density at radius 3 is 2.20 bits per heavy atom. The van der Waals surface area contributed by atoms with Gasteiger partial charge in [-0.25, -0.2) is 0 Å². The Morgan fingerprint density at radius 2 is 1.60 bits per heavy atom. The molecule has 2 N–H and O–H groups in total. The molecule has 3 nitrogen and oxygen atoms in total. The fourth-order valence-corrected chi connectivity index (χ4v) is 5.67. The highest BCUT2D eigenvalue weighted by Gasteiger charge is 2.18. The van der Waals surface area contributed by atoms with Gasteiger partial charge in [0, 0.05) is 29.2 Å². The SMILES string of the molecule is C[NH+](C)Cc1ccc(CNC(=O)c2ccc(C3SCCS3)cc2)cc1. The van der Waals surface area contributed by atoms with Gasteiger partial charge in [0.25, 0.3) is 5.91 Å². The molecule has 0 unspecified atom stereocenters. The maximum absolute atomic E-state index is 12.3. The molecule has 0 atom stereocenters. The van der Waals surface area contributed by atoms with Crippen LogP contribution in [0.1, 0.15) is 31.6 Å². The summed E-state index contributed by atoms with van der Waals surface area (Å²) < 4.78 is 0.527. The topological polar surface area (TPSA) is 33.5 Å². The van der Waals surface area contributed by atoms with Crippen molar-refractivity contribution in [2.75, 3.05) is 25.6 Å². The quantitative estimate of drug-likeness (QED) is 0.817. The maximum Gasteiger partial charge on any atom is 0.251 e. The van der Waals surface area contributed by atoms with Crippen LogP contribution >= 0.6 is 23.5 Å². The number of hydrogen-bond acceptors (Lipinski definition) is 3. The van der Waals surface area contributed by atoms with Crippen LogP contribution in [0.3, 0.4) is 0 Å². The van der Waals surface area contributed by atoms with Crippen molar-refractivity contribution in [2.24, 2.45) is 0 Å². The van der Waals surface area contributed by atoms with Crippen LogP contribution in [0.2, 0.25) is 0 Å². The van der Waals surface area contributed by atoms with Crippen molar-refractivity contribution in [3.8, 4) is 0 Å². The number of carbonyl (C=O) groups excluding carboxylic acids is 1. The van der Waals surface area contributed by atoms with E-state index in [4.69, 9.17) is 0 Å². The molecule has 3 rings (SSSR count). The van der Waals surface area contributed by atoms with Gasteiger partial charge in [0.1, 0.15) is 6.54 Å². The average Bonchev–Trinajstić information content (AvgIpc) is 3.15. The molecule has 1 aliphatic rings. The predicted octanol–water partition coefficient (Wildman–Crippen LogP) is 2.74. The van der Waals surface area contributed by atoms with Gasteiger partial charge in [-0.2, -0.15) is 0 Å². The van der Waals surface area contributed by atoms with Gasteiger partial charge in [-0.15, -0.1) is 23.5 Å². The summed E-state index contributed by atoms with van der Waals surface area (Å²) >= 11 is 3.97. The van der Waals surface area contributed by atoms with Crippen LogP contribution in [0, 0.1) is 0 Å². The molecule has 0 spiro atoms. The van der Waals surface area contributed by atoms with Crippen LogP contribution in [0.5, 0.6) is 0 Å². The standard InChI is InChI=1S/C20H24N2OS2/c1-22(2)14-16-5-3-15(4-6-16)13-21-19(23)17-7-9-18(10-8-17)20-24-11-12-25-20/h3-10,20H,11-14H2,1-2H3,(H,21,23)/p+1. The maximum atomic E-state index is 12.3. The van der Waals surface area contributed by atoms with E-state index >= 15 is 0 Å². The highest BCUT2D eigenvalue weighted by molar-refractivity contribution is 8.19. The first-order chi connectivity index (χ1) is 12.1.